The van der Waals surface area contributed by atoms with Crippen molar-refractivity contribution < 1.29 is 14.7 Å². The van der Waals surface area contributed by atoms with Gasteiger partial charge < -0.3 is 10.4 Å². The zero-order chi connectivity index (χ0) is 13.0. The first-order chi connectivity index (χ1) is 8.65. The molecule has 18 heavy (non-hydrogen) atoms. The van der Waals surface area contributed by atoms with Gasteiger partial charge in [0.2, 0.25) is 0 Å². The smallest absolute Gasteiger partial charge is 0.325 e. The molecule has 0 aliphatic rings. The second-order valence-electron chi connectivity index (χ2n) is 3.46. The third-order valence-corrected chi connectivity index (χ3v) is 2.08. The number of aliphatic carboxylic acids is 1. The van der Waals surface area contributed by atoms with Crippen LogP contribution in [0.2, 0.25) is 0 Å². The fraction of sp³-hybridized carbons (Fsp3) is 0.0909. The van der Waals surface area contributed by atoms with Gasteiger partial charge in [-0.05, 0) is 18.2 Å². The molecule has 0 unspecified atom stereocenters. The minimum atomic E-state index is -1.02. The maximum Gasteiger partial charge on any atom is 0.325 e. The van der Waals surface area contributed by atoms with Crippen LogP contribution in [0.4, 0.5) is 5.82 Å². The minimum absolute atomic E-state index is 0.141. The third kappa shape index (κ3) is 2.91. The lowest BCUT2D eigenvalue weighted by Crippen LogP contribution is -2.15. The lowest BCUT2D eigenvalue weighted by molar-refractivity contribution is -0.137. The Labute approximate surface area is 102 Å². The molecule has 7 heteroatoms. The Hall–Kier alpha value is -2.70. The van der Waals surface area contributed by atoms with Gasteiger partial charge in [0.25, 0.3) is 5.91 Å². The molecular formula is C11H10N4O3. The number of carboxylic acids is 1. The summed E-state index contributed by atoms with van der Waals surface area (Å²) in [5.74, 6) is -1.04. The fourth-order valence-electron chi connectivity index (χ4n) is 1.33. The topological polar surface area (TPSA) is 97.1 Å². The molecule has 2 N–H and O–H groups in total. The van der Waals surface area contributed by atoms with Gasteiger partial charge in [-0.15, -0.1) is 0 Å². The first-order valence-electron chi connectivity index (χ1n) is 5.13. The van der Waals surface area contributed by atoms with E-state index in [-0.39, 0.29) is 12.2 Å². The Balaban J connectivity index is 2.05. The van der Waals surface area contributed by atoms with E-state index in [1.54, 1.807) is 24.4 Å². The monoisotopic (exact) mass is 246 g/mol. The number of nitrogens with one attached hydrogen (secondary N) is 1. The molecule has 92 valence electrons. The minimum Gasteiger partial charge on any atom is -0.480 e. The van der Waals surface area contributed by atoms with Crippen LogP contribution in [0.5, 0.6) is 0 Å². The lowest BCUT2D eigenvalue weighted by Gasteiger charge is -2.00. The van der Waals surface area contributed by atoms with Crippen LogP contribution in [-0.2, 0) is 11.3 Å². The van der Waals surface area contributed by atoms with Crippen molar-refractivity contribution in [3.8, 4) is 0 Å². The van der Waals surface area contributed by atoms with Crippen molar-refractivity contribution in [2.45, 2.75) is 6.54 Å². The molecule has 1 amide bonds. The predicted octanol–water partition coefficient (Wildman–Crippen LogP) is 0.615. The van der Waals surface area contributed by atoms with Gasteiger partial charge in [0, 0.05) is 12.4 Å². The van der Waals surface area contributed by atoms with Crippen LogP contribution in [0, 0.1) is 0 Å². The Morgan fingerprint density at radius 2 is 2.17 bits per heavy atom. The number of carbonyl (C=O) groups excluding carboxylic acids is 1. The summed E-state index contributed by atoms with van der Waals surface area (Å²) in [6.07, 6.45) is 2.99. The quantitative estimate of drug-likeness (QED) is 0.824. The zero-order valence-corrected chi connectivity index (χ0v) is 9.28. The fourth-order valence-corrected chi connectivity index (χ4v) is 1.33. The molecule has 0 saturated carbocycles. The van der Waals surface area contributed by atoms with Crippen LogP contribution < -0.4 is 5.32 Å². The van der Waals surface area contributed by atoms with E-state index in [0.29, 0.717) is 5.82 Å². The number of hydrogen-bond donors (Lipinski definition) is 2. The molecule has 0 fully saturated rings. The van der Waals surface area contributed by atoms with E-state index < -0.39 is 11.9 Å². The van der Waals surface area contributed by atoms with E-state index in [9.17, 15) is 9.59 Å². The number of rotatable bonds is 4. The predicted molar refractivity (Wildman–Crippen MR) is 62.1 cm³/mol. The summed E-state index contributed by atoms with van der Waals surface area (Å²) in [4.78, 5) is 26.1. The van der Waals surface area contributed by atoms with Gasteiger partial charge in [-0.25, -0.2) is 4.98 Å². The number of aromatic nitrogens is 3. The normalized spacial score (nSPS) is 10.0. The maximum absolute atomic E-state index is 11.7. The van der Waals surface area contributed by atoms with Gasteiger partial charge in [-0.3, -0.25) is 14.3 Å². The Morgan fingerprint density at radius 3 is 2.83 bits per heavy atom. The molecule has 0 radical (unpaired) electrons. The van der Waals surface area contributed by atoms with Crippen molar-refractivity contribution in [2.24, 2.45) is 0 Å². The summed E-state index contributed by atoms with van der Waals surface area (Å²) in [6.45, 7) is -0.281. The molecule has 0 bridgehead atoms. The van der Waals surface area contributed by atoms with E-state index in [1.807, 2.05) is 0 Å². The molecule has 0 saturated heterocycles. The van der Waals surface area contributed by atoms with Crippen LogP contribution in [0.3, 0.4) is 0 Å². The SMILES string of the molecule is O=C(O)Cn1ccc(C(=O)Nc2ccccn2)n1. The van der Waals surface area contributed by atoms with Gasteiger partial charge in [0.05, 0.1) is 0 Å². The second-order valence-corrected chi connectivity index (χ2v) is 3.46. The molecule has 2 aromatic rings. The van der Waals surface area contributed by atoms with E-state index >= 15 is 0 Å². The standard InChI is InChI=1S/C11H10N4O3/c16-10(17)7-15-6-4-8(14-15)11(18)13-9-3-1-2-5-12-9/h1-6H,7H2,(H,16,17)(H,12,13,18). The molecule has 2 aromatic heterocycles. The molecule has 0 atom stereocenters. The molecule has 2 rings (SSSR count). The van der Waals surface area contributed by atoms with Gasteiger partial charge in [-0.2, -0.15) is 5.10 Å². The highest BCUT2D eigenvalue weighted by atomic mass is 16.4. The summed E-state index contributed by atoms with van der Waals surface area (Å²) >= 11 is 0. The van der Waals surface area contributed by atoms with Crippen molar-refractivity contribution in [1.82, 2.24) is 14.8 Å². The largest absolute Gasteiger partial charge is 0.480 e. The molecule has 0 aliphatic carbocycles. The average molecular weight is 246 g/mol. The average Bonchev–Trinajstić information content (AvgIpc) is 2.78. The van der Waals surface area contributed by atoms with E-state index in [2.05, 4.69) is 15.4 Å². The summed E-state index contributed by atoms with van der Waals surface area (Å²) in [5.41, 5.74) is 0.141. The first kappa shape index (κ1) is 11.8. The molecular weight excluding hydrogens is 236 g/mol. The van der Waals surface area contributed by atoms with E-state index in [4.69, 9.17) is 5.11 Å². The van der Waals surface area contributed by atoms with Crippen LogP contribution in [0.1, 0.15) is 10.5 Å². The van der Waals surface area contributed by atoms with Crippen molar-refractivity contribution in [3.63, 3.8) is 0 Å². The van der Waals surface area contributed by atoms with Gasteiger partial charge >= 0.3 is 5.97 Å². The number of amides is 1. The maximum atomic E-state index is 11.7. The zero-order valence-electron chi connectivity index (χ0n) is 9.28. The Morgan fingerprint density at radius 1 is 1.33 bits per heavy atom. The van der Waals surface area contributed by atoms with Crippen LogP contribution in [0.15, 0.2) is 36.7 Å². The van der Waals surface area contributed by atoms with Crippen molar-refractivity contribution in [1.29, 1.82) is 0 Å². The van der Waals surface area contributed by atoms with Gasteiger partial charge in [0.15, 0.2) is 5.69 Å². The molecule has 2 heterocycles. The van der Waals surface area contributed by atoms with Crippen LogP contribution >= 0.6 is 0 Å². The number of carbonyl (C=O) groups is 2. The third-order valence-electron chi connectivity index (χ3n) is 2.08. The molecule has 0 aliphatic heterocycles. The Kier molecular flexibility index (Phi) is 3.33. The highest BCUT2D eigenvalue weighted by Crippen LogP contribution is 2.03. The summed E-state index contributed by atoms with van der Waals surface area (Å²) in [6, 6.07) is 6.57. The number of pyridine rings is 1. The second kappa shape index (κ2) is 5.09. The van der Waals surface area contributed by atoms with Gasteiger partial charge in [0.1, 0.15) is 12.4 Å². The molecule has 0 aromatic carbocycles. The van der Waals surface area contributed by atoms with Crippen molar-refractivity contribution in [3.05, 3.63) is 42.4 Å². The van der Waals surface area contributed by atoms with Crippen LogP contribution in [-0.4, -0.2) is 31.7 Å². The van der Waals surface area contributed by atoms with Gasteiger partial charge in [-0.1, -0.05) is 6.07 Å². The van der Waals surface area contributed by atoms with E-state index in [0.717, 1.165) is 0 Å². The number of nitrogens with zero attached hydrogens (tertiary/aromatic N) is 3. The highest BCUT2D eigenvalue weighted by Gasteiger charge is 2.11. The highest BCUT2D eigenvalue weighted by molar-refractivity contribution is 6.02. The van der Waals surface area contributed by atoms with E-state index in [1.165, 1.54) is 16.9 Å². The molecule has 7 nitrogen and oxygen atoms in total. The summed E-state index contributed by atoms with van der Waals surface area (Å²) in [7, 11) is 0. The number of carboxylic acid groups (broad SMARTS) is 1. The first-order valence-corrected chi connectivity index (χ1v) is 5.13. The van der Waals surface area contributed by atoms with Crippen molar-refractivity contribution >= 4 is 17.7 Å². The number of hydrogen-bond acceptors (Lipinski definition) is 4. The summed E-state index contributed by atoms with van der Waals surface area (Å²) in [5, 5.41) is 15.0. The number of anilines is 1. The molecule has 0 spiro atoms. The Bertz CT molecular complexity index is 565. The lowest BCUT2D eigenvalue weighted by atomic mass is 10.4. The van der Waals surface area contributed by atoms with Crippen LogP contribution in [0.25, 0.3) is 0 Å². The van der Waals surface area contributed by atoms with Crippen molar-refractivity contribution in [2.75, 3.05) is 5.32 Å². The summed E-state index contributed by atoms with van der Waals surface area (Å²) < 4.78 is 1.18.